The number of methoxy groups -OCH3 is 1. The van der Waals surface area contributed by atoms with Crippen LogP contribution < -0.4 is 0 Å². The molecule has 2 heterocycles. The highest BCUT2D eigenvalue weighted by molar-refractivity contribution is 5.89. The second kappa shape index (κ2) is 4.55. The third kappa shape index (κ3) is 1.74. The van der Waals surface area contributed by atoms with E-state index in [0.717, 1.165) is 23.6 Å². The van der Waals surface area contributed by atoms with Gasteiger partial charge in [-0.3, -0.25) is 4.79 Å². The van der Waals surface area contributed by atoms with Gasteiger partial charge in [0.25, 0.3) is 0 Å². The maximum absolute atomic E-state index is 11.2. The molecule has 0 amide bonds. The number of hydrogen-bond donors (Lipinski definition) is 0. The van der Waals surface area contributed by atoms with E-state index in [2.05, 4.69) is 0 Å². The molecule has 1 aliphatic rings. The molecular weight excluding hydrogens is 230 g/mol. The molecule has 1 saturated heterocycles. The molecule has 0 N–H and O–H groups in total. The molecule has 0 bridgehead atoms. The van der Waals surface area contributed by atoms with Crippen LogP contribution in [0.1, 0.15) is 23.1 Å². The van der Waals surface area contributed by atoms with Gasteiger partial charge in [-0.25, -0.2) is 0 Å². The van der Waals surface area contributed by atoms with Crippen LogP contribution in [0.25, 0.3) is 10.9 Å². The second-order valence-corrected chi connectivity index (χ2v) is 4.50. The fourth-order valence-corrected chi connectivity index (χ4v) is 2.53. The standard InChI is InChI=1S/C14H15NO3/c1-17-12-7-14(18-9-12)15-11(8-16)6-10-4-2-3-5-13(10)15/h2-6,8,12,14H,7,9H2,1H3. The molecule has 0 spiro atoms. The Labute approximate surface area is 105 Å². The number of carbonyl (C=O) groups excluding carboxylic acids is 1. The summed E-state index contributed by atoms with van der Waals surface area (Å²) in [6.07, 6.45) is 1.64. The van der Waals surface area contributed by atoms with Crippen LogP contribution in [-0.2, 0) is 9.47 Å². The molecule has 4 nitrogen and oxygen atoms in total. The highest BCUT2D eigenvalue weighted by Crippen LogP contribution is 2.31. The number of fused-ring (bicyclic) bond motifs is 1. The fraction of sp³-hybridized carbons (Fsp3) is 0.357. The van der Waals surface area contributed by atoms with Gasteiger partial charge in [-0.1, -0.05) is 18.2 Å². The number of para-hydroxylation sites is 1. The molecule has 3 rings (SSSR count). The second-order valence-electron chi connectivity index (χ2n) is 4.50. The van der Waals surface area contributed by atoms with E-state index < -0.39 is 0 Å². The molecule has 0 aliphatic carbocycles. The fourth-order valence-electron chi connectivity index (χ4n) is 2.53. The molecule has 2 aromatic rings. The van der Waals surface area contributed by atoms with Crippen molar-refractivity contribution < 1.29 is 14.3 Å². The van der Waals surface area contributed by atoms with Crippen LogP contribution in [-0.4, -0.2) is 30.7 Å². The third-order valence-corrected chi connectivity index (χ3v) is 3.46. The topological polar surface area (TPSA) is 40.5 Å². The lowest BCUT2D eigenvalue weighted by atomic mass is 10.2. The van der Waals surface area contributed by atoms with Crippen LogP contribution in [0.4, 0.5) is 0 Å². The van der Waals surface area contributed by atoms with Crippen LogP contribution >= 0.6 is 0 Å². The van der Waals surface area contributed by atoms with Crippen molar-refractivity contribution in [1.29, 1.82) is 0 Å². The van der Waals surface area contributed by atoms with Crippen molar-refractivity contribution >= 4 is 17.2 Å². The van der Waals surface area contributed by atoms with E-state index in [1.54, 1.807) is 7.11 Å². The van der Waals surface area contributed by atoms with Crippen molar-refractivity contribution in [1.82, 2.24) is 4.57 Å². The number of benzene rings is 1. The first kappa shape index (κ1) is 11.4. The molecule has 18 heavy (non-hydrogen) atoms. The summed E-state index contributed by atoms with van der Waals surface area (Å²) in [6, 6.07) is 9.84. The quantitative estimate of drug-likeness (QED) is 0.779. The summed E-state index contributed by atoms with van der Waals surface area (Å²) in [5.74, 6) is 0. The Morgan fingerprint density at radius 3 is 3.00 bits per heavy atom. The summed E-state index contributed by atoms with van der Waals surface area (Å²) in [5.41, 5.74) is 1.68. The van der Waals surface area contributed by atoms with Crippen LogP contribution in [0.3, 0.4) is 0 Å². The molecule has 1 fully saturated rings. The Kier molecular flexibility index (Phi) is 2.89. The van der Waals surface area contributed by atoms with Gasteiger partial charge in [-0.05, 0) is 12.1 Å². The largest absolute Gasteiger partial charge is 0.379 e. The lowest BCUT2D eigenvalue weighted by Gasteiger charge is -2.15. The molecule has 1 aromatic carbocycles. The predicted molar refractivity (Wildman–Crippen MR) is 67.7 cm³/mol. The lowest BCUT2D eigenvalue weighted by Crippen LogP contribution is -2.11. The molecule has 1 aromatic heterocycles. The Balaban J connectivity index is 2.07. The van der Waals surface area contributed by atoms with Crippen molar-refractivity contribution in [3.05, 3.63) is 36.0 Å². The lowest BCUT2D eigenvalue weighted by molar-refractivity contribution is 0.0418. The summed E-state index contributed by atoms with van der Waals surface area (Å²) in [4.78, 5) is 11.2. The van der Waals surface area contributed by atoms with Gasteiger partial charge in [0.15, 0.2) is 6.29 Å². The summed E-state index contributed by atoms with van der Waals surface area (Å²) in [7, 11) is 1.69. The molecule has 2 unspecified atom stereocenters. The van der Waals surface area contributed by atoms with Crippen molar-refractivity contribution in [3.63, 3.8) is 0 Å². The highest BCUT2D eigenvalue weighted by Gasteiger charge is 2.28. The number of ether oxygens (including phenoxy) is 2. The summed E-state index contributed by atoms with van der Waals surface area (Å²) < 4.78 is 13.0. The number of hydrogen-bond acceptors (Lipinski definition) is 3. The Bertz CT molecular complexity index is 575. The van der Waals surface area contributed by atoms with E-state index in [9.17, 15) is 4.79 Å². The summed E-state index contributed by atoms with van der Waals surface area (Å²) >= 11 is 0. The minimum Gasteiger partial charge on any atom is -0.379 e. The number of carbonyl (C=O) groups is 1. The molecule has 2 atom stereocenters. The molecule has 0 radical (unpaired) electrons. The number of rotatable bonds is 3. The zero-order chi connectivity index (χ0) is 12.5. The van der Waals surface area contributed by atoms with E-state index in [0.29, 0.717) is 12.3 Å². The molecule has 4 heteroatoms. The summed E-state index contributed by atoms with van der Waals surface area (Å²) in [6.45, 7) is 0.575. The zero-order valence-corrected chi connectivity index (χ0v) is 10.2. The van der Waals surface area contributed by atoms with Gasteiger partial charge < -0.3 is 14.0 Å². The van der Waals surface area contributed by atoms with Crippen molar-refractivity contribution in [3.8, 4) is 0 Å². The van der Waals surface area contributed by atoms with Gasteiger partial charge in [0.1, 0.15) is 6.23 Å². The predicted octanol–water partition coefficient (Wildman–Crippen LogP) is 2.39. The van der Waals surface area contributed by atoms with Gasteiger partial charge >= 0.3 is 0 Å². The van der Waals surface area contributed by atoms with Crippen LogP contribution in [0.5, 0.6) is 0 Å². The Morgan fingerprint density at radius 1 is 1.44 bits per heavy atom. The molecule has 94 valence electrons. The van der Waals surface area contributed by atoms with Crippen molar-refractivity contribution in [2.45, 2.75) is 18.8 Å². The Hall–Kier alpha value is -1.65. The van der Waals surface area contributed by atoms with Gasteiger partial charge in [-0.2, -0.15) is 0 Å². The highest BCUT2D eigenvalue weighted by atomic mass is 16.6. The first-order valence-corrected chi connectivity index (χ1v) is 6.03. The van der Waals surface area contributed by atoms with Crippen LogP contribution in [0.2, 0.25) is 0 Å². The zero-order valence-electron chi connectivity index (χ0n) is 10.2. The van der Waals surface area contributed by atoms with E-state index in [4.69, 9.17) is 9.47 Å². The smallest absolute Gasteiger partial charge is 0.166 e. The van der Waals surface area contributed by atoms with Gasteiger partial charge in [0.05, 0.1) is 23.9 Å². The average molecular weight is 245 g/mol. The van der Waals surface area contributed by atoms with Crippen molar-refractivity contribution in [2.75, 3.05) is 13.7 Å². The van der Waals surface area contributed by atoms with Gasteiger partial charge in [0.2, 0.25) is 0 Å². The third-order valence-electron chi connectivity index (χ3n) is 3.46. The SMILES string of the molecule is COC1COC(n2c(C=O)cc3ccccc32)C1. The number of aromatic nitrogens is 1. The minimum atomic E-state index is -0.116. The Morgan fingerprint density at radius 2 is 2.28 bits per heavy atom. The van der Waals surface area contributed by atoms with Gasteiger partial charge in [-0.15, -0.1) is 0 Å². The van der Waals surface area contributed by atoms with E-state index >= 15 is 0 Å². The van der Waals surface area contributed by atoms with E-state index in [-0.39, 0.29) is 12.3 Å². The minimum absolute atomic E-state index is 0.107. The monoisotopic (exact) mass is 245 g/mol. The van der Waals surface area contributed by atoms with E-state index in [1.807, 2.05) is 34.9 Å². The normalized spacial score (nSPS) is 23.6. The van der Waals surface area contributed by atoms with E-state index in [1.165, 1.54) is 0 Å². The number of aldehydes is 1. The molecular formula is C14H15NO3. The first-order valence-electron chi connectivity index (χ1n) is 6.03. The van der Waals surface area contributed by atoms with Gasteiger partial charge in [0, 0.05) is 18.9 Å². The van der Waals surface area contributed by atoms with Crippen LogP contribution in [0.15, 0.2) is 30.3 Å². The number of nitrogens with zero attached hydrogens (tertiary/aromatic N) is 1. The van der Waals surface area contributed by atoms with Crippen molar-refractivity contribution in [2.24, 2.45) is 0 Å². The summed E-state index contributed by atoms with van der Waals surface area (Å²) in [5, 5.41) is 1.06. The maximum Gasteiger partial charge on any atom is 0.166 e. The maximum atomic E-state index is 11.2. The average Bonchev–Trinajstić information content (AvgIpc) is 3.01. The van der Waals surface area contributed by atoms with Crippen LogP contribution in [0, 0.1) is 0 Å². The molecule has 1 aliphatic heterocycles. The molecule has 0 saturated carbocycles. The first-order chi connectivity index (χ1) is 8.83.